The molecule has 1 fully saturated rings. The van der Waals surface area contributed by atoms with Crippen LogP contribution in [0.1, 0.15) is 0 Å². The maximum absolute atomic E-state index is 5.92. The number of nitrogens with zero attached hydrogens (tertiary/aromatic N) is 1. The number of halogens is 2. The average molecular weight is 278 g/mol. The molecule has 2 rings (SSSR count). The highest BCUT2D eigenvalue weighted by atomic mass is 79.9. The molecule has 1 aliphatic heterocycles. The lowest BCUT2D eigenvalue weighted by Crippen LogP contribution is -2.43. The van der Waals surface area contributed by atoms with Gasteiger partial charge in [0.15, 0.2) is 0 Å². The Morgan fingerprint density at radius 2 is 1.93 bits per heavy atom. The Kier molecular flexibility index (Phi) is 4.72. The van der Waals surface area contributed by atoms with Crippen molar-refractivity contribution < 1.29 is 0 Å². The Morgan fingerprint density at radius 3 is 2.57 bits per heavy atom. The van der Waals surface area contributed by atoms with Crippen molar-refractivity contribution >= 4 is 34.3 Å². The van der Waals surface area contributed by atoms with Crippen LogP contribution in [0.3, 0.4) is 0 Å². The van der Waals surface area contributed by atoms with Gasteiger partial charge in [0.1, 0.15) is 0 Å². The van der Waals surface area contributed by atoms with Crippen LogP contribution in [0.5, 0.6) is 0 Å². The molecule has 78 valence electrons. The Morgan fingerprint density at radius 1 is 1.21 bits per heavy atom. The first-order chi connectivity index (χ1) is 6.36. The molecule has 4 heteroatoms. The van der Waals surface area contributed by atoms with E-state index in [1.165, 1.54) is 5.69 Å². The topological polar surface area (TPSA) is 15.3 Å². The monoisotopic (exact) mass is 276 g/mol. The zero-order chi connectivity index (χ0) is 9.10. The first-order valence-electron chi connectivity index (χ1n) is 4.57. The first-order valence-corrected chi connectivity index (χ1v) is 4.95. The second-order valence-corrected chi connectivity index (χ2v) is 3.65. The predicted molar refractivity (Wildman–Crippen MR) is 66.9 cm³/mol. The molecule has 0 aromatic heterocycles. The van der Waals surface area contributed by atoms with Crippen LogP contribution in [0.4, 0.5) is 5.69 Å². The smallest absolute Gasteiger partial charge is 0.0426 e. The molecule has 1 saturated heterocycles. The largest absolute Gasteiger partial charge is 0.369 e. The van der Waals surface area contributed by atoms with Crippen LogP contribution < -0.4 is 10.2 Å². The lowest BCUT2D eigenvalue weighted by molar-refractivity contribution is 0.589. The Hall–Kier alpha value is -0.250. The molecular formula is C10H14BrClN2. The SMILES string of the molecule is Br.Clc1cccc(N2CCNCC2)c1. The van der Waals surface area contributed by atoms with Crippen molar-refractivity contribution in [1.29, 1.82) is 0 Å². The number of rotatable bonds is 1. The van der Waals surface area contributed by atoms with Gasteiger partial charge < -0.3 is 10.2 Å². The highest BCUT2D eigenvalue weighted by Gasteiger charge is 2.09. The van der Waals surface area contributed by atoms with Crippen molar-refractivity contribution in [3.63, 3.8) is 0 Å². The zero-order valence-corrected chi connectivity index (χ0v) is 10.3. The summed E-state index contributed by atoms with van der Waals surface area (Å²) in [6.07, 6.45) is 0. The molecule has 1 aromatic carbocycles. The molecular weight excluding hydrogens is 263 g/mol. The molecule has 0 saturated carbocycles. The minimum Gasteiger partial charge on any atom is -0.369 e. The van der Waals surface area contributed by atoms with E-state index in [1.54, 1.807) is 0 Å². The molecule has 14 heavy (non-hydrogen) atoms. The van der Waals surface area contributed by atoms with Gasteiger partial charge in [0.2, 0.25) is 0 Å². The van der Waals surface area contributed by atoms with E-state index in [9.17, 15) is 0 Å². The summed E-state index contributed by atoms with van der Waals surface area (Å²) in [7, 11) is 0. The van der Waals surface area contributed by atoms with Crippen LogP contribution in [0.15, 0.2) is 24.3 Å². The Bertz CT molecular complexity index is 287. The molecule has 0 spiro atoms. The summed E-state index contributed by atoms with van der Waals surface area (Å²) in [5.74, 6) is 0. The normalized spacial score (nSPS) is 16.2. The van der Waals surface area contributed by atoms with E-state index < -0.39 is 0 Å². The quantitative estimate of drug-likeness (QED) is 0.847. The van der Waals surface area contributed by atoms with Gasteiger partial charge in [0.25, 0.3) is 0 Å². The van der Waals surface area contributed by atoms with Crippen molar-refractivity contribution in [2.24, 2.45) is 0 Å². The fraction of sp³-hybridized carbons (Fsp3) is 0.400. The second-order valence-electron chi connectivity index (χ2n) is 3.22. The van der Waals surface area contributed by atoms with Crippen molar-refractivity contribution in [2.75, 3.05) is 31.1 Å². The molecule has 0 aliphatic carbocycles. The lowest BCUT2D eigenvalue weighted by Gasteiger charge is -2.29. The maximum atomic E-state index is 5.92. The van der Waals surface area contributed by atoms with Crippen LogP contribution in [0.25, 0.3) is 0 Å². The second kappa shape index (κ2) is 5.59. The molecule has 0 atom stereocenters. The number of hydrogen-bond donors (Lipinski definition) is 1. The molecule has 1 aliphatic rings. The van der Waals surface area contributed by atoms with Crippen LogP contribution in [0.2, 0.25) is 5.02 Å². The first kappa shape index (κ1) is 11.8. The van der Waals surface area contributed by atoms with E-state index in [2.05, 4.69) is 16.3 Å². The van der Waals surface area contributed by atoms with E-state index in [0.29, 0.717) is 0 Å². The number of piperazine rings is 1. The minimum atomic E-state index is 0. The molecule has 1 N–H and O–H groups in total. The van der Waals surface area contributed by atoms with E-state index in [0.717, 1.165) is 31.2 Å². The van der Waals surface area contributed by atoms with Gasteiger partial charge >= 0.3 is 0 Å². The summed E-state index contributed by atoms with van der Waals surface area (Å²) in [4.78, 5) is 2.35. The van der Waals surface area contributed by atoms with E-state index >= 15 is 0 Å². The Balaban J connectivity index is 0.000000980. The molecule has 0 unspecified atom stereocenters. The van der Waals surface area contributed by atoms with Crippen LogP contribution in [-0.4, -0.2) is 26.2 Å². The highest BCUT2D eigenvalue weighted by Crippen LogP contribution is 2.19. The third-order valence-electron chi connectivity index (χ3n) is 2.29. The number of benzene rings is 1. The molecule has 1 aromatic rings. The van der Waals surface area contributed by atoms with Gasteiger partial charge in [-0.15, -0.1) is 17.0 Å². The van der Waals surface area contributed by atoms with Gasteiger partial charge in [-0.3, -0.25) is 0 Å². The van der Waals surface area contributed by atoms with Gasteiger partial charge in [-0.2, -0.15) is 0 Å². The summed E-state index contributed by atoms with van der Waals surface area (Å²) in [5.41, 5.74) is 1.23. The Labute approximate surface area is 100 Å². The summed E-state index contributed by atoms with van der Waals surface area (Å²) in [5, 5.41) is 4.14. The van der Waals surface area contributed by atoms with Crippen LogP contribution in [-0.2, 0) is 0 Å². The van der Waals surface area contributed by atoms with E-state index in [1.807, 2.05) is 18.2 Å². The average Bonchev–Trinajstić information content (AvgIpc) is 2.19. The van der Waals surface area contributed by atoms with Gasteiger partial charge in [0.05, 0.1) is 0 Å². The summed E-state index contributed by atoms with van der Waals surface area (Å²) in [6, 6.07) is 8.04. The third-order valence-corrected chi connectivity index (χ3v) is 2.53. The van der Waals surface area contributed by atoms with Crippen molar-refractivity contribution in [3.8, 4) is 0 Å². The third kappa shape index (κ3) is 2.87. The van der Waals surface area contributed by atoms with Gasteiger partial charge in [-0.1, -0.05) is 17.7 Å². The standard InChI is InChI=1S/C10H13ClN2.BrH/c11-9-2-1-3-10(8-9)13-6-4-12-5-7-13;/h1-3,8,12H,4-7H2;1H. The summed E-state index contributed by atoms with van der Waals surface area (Å²) < 4.78 is 0. The minimum absolute atomic E-state index is 0. The predicted octanol–water partition coefficient (Wildman–Crippen LogP) is 2.33. The van der Waals surface area contributed by atoms with E-state index in [-0.39, 0.29) is 17.0 Å². The van der Waals surface area contributed by atoms with Crippen LogP contribution in [0, 0.1) is 0 Å². The zero-order valence-electron chi connectivity index (χ0n) is 7.87. The molecule has 0 bridgehead atoms. The van der Waals surface area contributed by atoms with Gasteiger partial charge in [0, 0.05) is 36.9 Å². The van der Waals surface area contributed by atoms with Crippen molar-refractivity contribution in [3.05, 3.63) is 29.3 Å². The highest BCUT2D eigenvalue weighted by molar-refractivity contribution is 8.93. The summed E-state index contributed by atoms with van der Waals surface area (Å²) in [6.45, 7) is 4.26. The fourth-order valence-electron chi connectivity index (χ4n) is 1.60. The fourth-order valence-corrected chi connectivity index (χ4v) is 1.78. The van der Waals surface area contributed by atoms with Crippen LogP contribution >= 0.6 is 28.6 Å². The molecule has 1 heterocycles. The molecule has 0 radical (unpaired) electrons. The number of anilines is 1. The van der Waals surface area contributed by atoms with Crippen molar-refractivity contribution in [1.82, 2.24) is 5.32 Å². The maximum Gasteiger partial charge on any atom is 0.0426 e. The summed E-state index contributed by atoms with van der Waals surface area (Å²) >= 11 is 5.92. The van der Waals surface area contributed by atoms with E-state index in [4.69, 9.17) is 11.6 Å². The van der Waals surface area contributed by atoms with Crippen molar-refractivity contribution in [2.45, 2.75) is 0 Å². The van der Waals surface area contributed by atoms with Gasteiger partial charge in [-0.05, 0) is 18.2 Å². The molecule has 0 amide bonds. The van der Waals surface area contributed by atoms with Gasteiger partial charge in [-0.25, -0.2) is 0 Å². The number of hydrogen-bond acceptors (Lipinski definition) is 2. The molecule has 2 nitrogen and oxygen atoms in total. The number of nitrogens with one attached hydrogen (secondary N) is 1. The lowest BCUT2D eigenvalue weighted by atomic mass is 10.2.